The summed E-state index contributed by atoms with van der Waals surface area (Å²) < 4.78 is 4.40. The Hall–Kier alpha value is -2.22. The smallest absolute Gasteiger partial charge is 0.348 e. The minimum absolute atomic E-state index is 0.0812. The minimum atomic E-state index is -0.670. The Morgan fingerprint density at radius 1 is 1.57 bits per heavy atom. The second-order valence-electron chi connectivity index (χ2n) is 2.33. The lowest BCUT2D eigenvalue weighted by Gasteiger charge is -1.95. The van der Waals surface area contributed by atoms with Crippen molar-refractivity contribution in [2.75, 3.05) is 7.11 Å². The van der Waals surface area contributed by atoms with Crippen LogP contribution < -0.4 is 0 Å². The van der Waals surface area contributed by atoms with Crippen molar-refractivity contribution >= 4 is 12.0 Å². The topological polar surface area (TPSA) is 75.9 Å². The van der Waals surface area contributed by atoms with E-state index in [2.05, 4.69) is 14.7 Å². The van der Waals surface area contributed by atoms with Crippen LogP contribution in [-0.4, -0.2) is 23.0 Å². The van der Waals surface area contributed by atoms with E-state index in [0.29, 0.717) is 5.56 Å². The number of methoxy groups -OCH3 is 1. The van der Waals surface area contributed by atoms with E-state index in [0.717, 1.165) is 0 Å². The van der Waals surface area contributed by atoms with E-state index in [1.54, 1.807) is 6.07 Å². The lowest BCUT2D eigenvalue weighted by atomic mass is 10.2. The number of ether oxygens (including phenoxy) is 1. The molecule has 5 heteroatoms. The maximum atomic E-state index is 11.0. The minimum Gasteiger partial charge on any atom is -0.465 e. The molecule has 0 N–H and O–H groups in total. The van der Waals surface area contributed by atoms with E-state index in [1.165, 1.54) is 31.9 Å². The van der Waals surface area contributed by atoms with Crippen molar-refractivity contribution in [1.29, 1.82) is 5.26 Å². The number of rotatable bonds is 2. The second-order valence-corrected chi connectivity index (χ2v) is 2.33. The SMILES string of the molecule is COC(=O)/C(C#N)=C\c1cncnc1. The largest absolute Gasteiger partial charge is 0.465 e. The fourth-order valence-electron chi connectivity index (χ4n) is 0.799. The first-order valence-corrected chi connectivity index (χ1v) is 3.73. The Balaban J connectivity index is 2.97. The lowest BCUT2D eigenvalue weighted by Crippen LogP contribution is -2.02. The van der Waals surface area contributed by atoms with Crippen molar-refractivity contribution in [2.24, 2.45) is 0 Å². The first-order valence-electron chi connectivity index (χ1n) is 3.73. The molecule has 1 heterocycles. The Morgan fingerprint density at radius 2 is 2.21 bits per heavy atom. The molecule has 0 aliphatic rings. The summed E-state index contributed by atoms with van der Waals surface area (Å²) in [7, 11) is 1.22. The molecule has 0 bridgehead atoms. The molecule has 0 spiro atoms. The number of nitriles is 1. The van der Waals surface area contributed by atoms with Crippen LogP contribution in [0.25, 0.3) is 6.08 Å². The van der Waals surface area contributed by atoms with E-state index in [9.17, 15) is 4.79 Å². The fraction of sp³-hybridized carbons (Fsp3) is 0.111. The number of carbonyl (C=O) groups excluding carboxylic acids is 1. The highest BCUT2D eigenvalue weighted by Crippen LogP contribution is 2.04. The molecule has 1 aromatic heterocycles. The Kier molecular flexibility index (Phi) is 3.33. The molecule has 0 unspecified atom stereocenters. The van der Waals surface area contributed by atoms with Crippen molar-refractivity contribution in [3.05, 3.63) is 29.9 Å². The number of nitrogens with zero attached hydrogens (tertiary/aromatic N) is 3. The standard InChI is InChI=1S/C9H7N3O2/c1-14-9(13)8(3-10)2-7-4-11-6-12-5-7/h2,4-6H,1H3/b8-2-. The number of aromatic nitrogens is 2. The lowest BCUT2D eigenvalue weighted by molar-refractivity contribution is -0.135. The molecule has 0 fully saturated rings. The molecule has 0 aliphatic carbocycles. The summed E-state index contributed by atoms with van der Waals surface area (Å²) in [5, 5.41) is 8.63. The van der Waals surface area contributed by atoms with Crippen molar-refractivity contribution in [2.45, 2.75) is 0 Å². The first kappa shape index (κ1) is 9.86. The van der Waals surface area contributed by atoms with Gasteiger partial charge in [0.25, 0.3) is 0 Å². The van der Waals surface area contributed by atoms with Crippen molar-refractivity contribution in [3.8, 4) is 6.07 Å². The van der Waals surface area contributed by atoms with Crippen LogP contribution in [0, 0.1) is 11.3 Å². The molecular weight excluding hydrogens is 182 g/mol. The van der Waals surface area contributed by atoms with E-state index in [1.807, 2.05) is 0 Å². The molecule has 0 aromatic carbocycles. The third-order valence-electron chi connectivity index (χ3n) is 1.42. The van der Waals surface area contributed by atoms with Crippen molar-refractivity contribution < 1.29 is 9.53 Å². The molecule has 14 heavy (non-hydrogen) atoms. The molecule has 5 nitrogen and oxygen atoms in total. The van der Waals surface area contributed by atoms with Crippen LogP contribution >= 0.6 is 0 Å². The molecular formula is C9H7N3O2. The second kappa shape index (κ2) is 4.72. The Labute approximate surface area is 80.7 Å². The monoisotopic (exact) mass is 189 g/mol. The quantitative estimate of drug-likeness (QED) is 0.386. The van der Waals surface area contributed by atoms with Gasteiger partial charge in [0.15, 0.2) is 0 Å². The molecule has 70 valence electrons. The van der Waals surface area contributed by atoms with Gasteiger partial charge in [-0.1, -0.05) is 0 Å². The third-order valence-corrected chi connectivity index (χ3v) is 1.42. The molecule has 1 aromatic rings. The molecule has 0 atom stereocenters. The van der Waals surface area contributed by atoms with Gasteiger partial charge >= 0.3 is 5.97 Å². The average Bonchev–Trinajstić information content (AvgIpc) is 2.26. The normalized spacial score (nSPS) is 10.4. The van der Waals surface area contributed by atoms with Crippen LogP contribution in [-0.2, 0) is 9.53 Å². The highest BCUT2D eigenvalue weighted by molar-refractivity contribution is 5.97. The van der Waals surface area contributed by atoms with Crippen LogP contribution in [0.5, 0.6) is 0 Å². The average molecular weight is 189 g/mol. The number of esters is 1. The number of carbonyl (C=O) groups is 1. The van der Waals surface area contributed by atoms with Crippen LogP contribution in [0.2, 0.25) is 0 Å². The summed E-state index contributed by atoms with van der Waals surface area (Å²) in [4.78, 5) is 18.5. The maximum absolute atomic E-state index is 11.0. The Bertz CT molecular complexity index is 392. The zero-order valence-electron chi connectivity index (χ0n) is 7.47. The van der Waals surface area contributed by atoms with Gasteiger partial charge in [-0.2, -0.15) is 5.26 Å². The zero-order valence-corrected chi connectivity index (χ0v) is 7.47. The van der Waals surface area contributed by atoms with E-state index in [4.69, 9.17) is 5.26 Å². The fourth-order valence-corrected chi connectivity index (χ4v) is 0.799. The predicted octanol–water partition coefficient (Wildman–Crippen LogP) is 0.557. The summed E-state index contributed by atoms with van der Waals surface area (Å²) in [6, 6.07) is 1.73. The van der Waals surface area contributed by atoms with Gasteiger partial charge in [0, 0.05) is 18.0 Å². The van der Waals surface area contributed by atoms with Gasteiger partial charge in [0.2, 0.25) is 0 Å². The predicted molar refractivity (Wildman–Crippen MR) is 47.6 cm³/mol. The van der Waals surface area contributed by atoms with E-state index in [-0.39, 0.29) is 5.57 Å². The van der Waals surface area contributed by atoms with Gasteiger partial charge in [0.05, 0.1) is 7.11 Å². The van der Waals surface area contributed by atoms with Crippen LogP contribution in [0.3, 0.4) is 0 Å². The molecule has 0 amide bonds. The van der Waals surface area contributed by atoms with Crippen molar-refractivity contribution in [3.63, 3.8) is 0 Å². The maximum Gasteiger partial charge on any atom is 0.348 e. The van der Waals surface area contributed by atoms with Crippen LogP contribution in [0.4, 0.5) is 0 Å². The molecule has 0 saturated carbocycles. The number of hydrogen-bond acceptors (Lipinski definition) is 5. The zero-order chi connectivity index (χ0) is 10.4. The van der Waals surface area contributed by atoms with Crippen LogP contribution in [0.15, 0.2) is 24.3 Å². The van der Waals surface area contributed by atoms with Gasteiger partial charge in [-0.3, -0.25) is 0 Å². The third kappa shape index (κ3) is 2.38. The summed E-state index contributed by atoms with van der Waals surface area (Å²) >= 11 is 0. The van der Waals surface area contributed by atoms with Gasteiger partial charge in [0.1, 0.15) is 18.0 Å². The van der Waals surface area contributed by atoms with Gasteiger partial charge in [-0.05, 0) is 6.08 Å². The highest BCUT2D eigenvalue weighted by Gasteiger charge is 2.07. The highest BCUT2D eigenvalue weighted by atomic mass is 16.5. The molecule has 0 radical (unpaired) electrons. The molecule has 1 rings (SSSR count). The van der Waals surface area contributed by atoms with Gasteiger partial charge < -0.3 is 4.74 Å². The van der Waals surface area contributed by atoms with Gasteiger partial charge in [-0.15, -0.1) is 0 Å². The molecule has 0 saturated heterocycles. The summed E-state index contributed by atoms with van der Waals surface area (Å²) in [5.41, 5.74) is 0.497. The van der Waals surface area contributed by atoms with E-state index >= 15 is 0 Å². The number of hydrogen-bond donors (Lipinski definition) is 0. The summed E-state index contributed by atoms with van der Waals surface area (Å²) in [6.07, 6.45) is 5.72. The van der Waals surface area contributed by atoms with Crippen molar-refractivity contribution in [1.82, 2.24) is 9.97 Å². The van der Waals surface area contributed by atoms with E-state index < -0.39 is 5.97 Å². The van der Waals surface area contributed by atoms with Gasteiger partial charge in [-0.25, -0.2) is 14.8 Å². The molecule has 0 aliphatic heterocycles. The Morgan fingerprint density at radius 3 is 2.71 bits per heavy atom. The first-order chi connectivity index (χ1) is 6.77. The summed E-state index contributed by atoms with van der Waals surface area (Å²) in [6.45, 7) is 0. The van der Waals surface area contributed by atoms with Crippen LogP contribution in [0.1, 0.15) is 5.56 Å². The summed E-state index contributed by atoms with van der Waals surface area (Å²) in [5.74, 6) is -0.670.